The van der Waals surface area contributed by atoms with Gasteiger partial charge in [-0.05, 0) is 49.0 Å². The van der Waals surface area contributed by atoms with Crippen LogP contribution in [0.3, 0.4) is 0 Å². The van der Waals surface area contributed by atoms with Gasteiger partial charge in [-0.2, -0.15) is 4.31 Å². The molecule has 172 valence electrons. The predicted molar refractivity (Wildman–Crippen MR) is 119 cm³/mol. The van der Waals surface area contributed by atoms with Crippen LogP contribution in [0.1, 0.15) is 17.3 Å². The minimum atomic E-state index is -3.57. The first-order chi connectivity index (χ1) is 15.3. The Bertz CT molecular complexity index is 1050. The third kappa shape index (κ3) is 5.84. The van der Waals surface area contributed by atoms with Crippen LogP contribution >= 0.6 is 0 Å². The van der Waals surface area contributed by atoms with Crippen LogP contribution in [0.25, 0.3) is 0 Å². The lowest BCUT2D eigenvalue weighted by molar-refractivity contribution is -0.142. The molecule has 10 heteroatoms. The van der Waals surface area contributed by atoms with E-state index < -0.39 is 16.0 Å². The highest BCUT2D eigenvalue weighted by Gasteiger charge is 2.27. The number of amides is 1. The van der Waals surface area contributed by atoms with Crippen LogP contribution in [-0.4, -0.2) is 75.9 Å². The minimum absolute atomic E-state index is 0.193. The summed E-state index contributed by atoms with van der Waals surface area (Å²) < 4.78 is 37.1. The van der Waals surface area contributed by atoms with Crippen LogP contribution in [0.5, 0.6) is 5.75 Å². The monoisotopic (exact) mass is 461 g/mol. The van der Waals surface area contributed by atoms with E-state index in [1.54, 1.807) is 30.3 Å². The standard InChI is InChI=1S/C22H27N3O6S/c1-3-24-11-13-25(14-12-24)32(28,29)20-9-7-18(8-10-20)23-22(27)17-5-4-6-19(15-17)31-16-21(26)30-2/h4-10,15H,3,11-14,16H2,1-2H3,(H,23,27). The summed E-state index contributed by atoms with van der Waals surface area (Å²) in [6.07, 6.45) is 0. The number of rotatable bonds is 8. The van der Waals surface area contributed by atoms with Crippen LogP contribution in [0.4, 0.5) is 5.69 Å². The third-order valence-electron chi connectivity index (χ3n) is 5.21. The molecule has 1 aliphatic heterocycles. The summed E-state index contributed by atoms with van der Waals surface area (Å²) in [6, 6.07) is 12.5. The average molecular weight is 462 g/mol. The summed E-state index contributed by atoms with van der Waals surface area (Å²) in [5, 5.41) is 2.73. The van der Waals surface area contributed by atoms with E-state index >= 15 is 0 Å². The number of nitrogens with one attached hydrogen (secondary N) is 1. The summed E-state index contributed by atoms with van der Waals surface area (Å²) >= 11 is 0. The lowest BCUT2D eigenvalue weighted by atomic mass is 10.2. The fourth-order valence-corrected chi connectivity index (χ4v) is 4.70. The van der Waals surface area contributed by atoms with Crippen LogP contribution in [0.15, 0.2) is 53.4 Å². The number of likely N-dealkylation sites (N-methyl/N-ethyl adjacent to an activating group) is 1. The molecule has 3 rings (SSSR count). The van der Waals surface area contributed by atoms with Crippen molar-refractivity contribution in [3.05, 3.63) is 54.1 Å². The molecule has 1 N–H and O–H groups in total. The number of benzene rings is 2. The van der Waals surface area contributed by atoms with E-state index in [1.807, 2.05) is 0 Å². The molecule has 1 aliphatic rings. The first kappa shape index (κ1) is 23.7. The van der Waals surface area contributed by atoms with Crippen molar-refractivity contribution in [2.75, 3.05) is 51.8 Å². The summed E-state index contributed by atoms with van der Waals surface area (Å²) in [5.74, 6) is -0.561. The van der Waals surface area contributed by atoms with Gasteiger partial charge in [0.05, 0.1) is 12.0 Å². The van der Waals surface area contributed by atoms with E-state index in [1.165, 1.54) is 29.6 Å². The van der Waals surface area contributed by atoms with Gasteiger partial charge in [0.15, 0.2) is 6.61 Å². The maximum atomic E-state index is 12.9. The lowest BCUT2D eigenvalue weighted by Gasteiger charge is -2.33. The second-order valence-electron chi connectivity index (χ2n) is 7.21. The van der Waals surface area contributed by atoms with E-state index in [2.05, 4.69) is 21.9 Å². The number of nitrogens with zero attached hydrogens (tertiary/aromatic N) is 2. The van der Waals surface area contributed by atoms with Gasteiger partial charge in [-0.3, -0.25) is 4.79 Å². The number of carbonyl (C=O) groups excluding carboxylic acids is 2. The van der Waals surface area contributed by atoms with Gasteiger partial charge < -0.3 is 19.7 Å². The van der Waals surface area contributed by atoms with Gasteiger partial charge in [-0.25, -0.2) is 13.2 Å². The Morgan fingerprint density at radius 1 is 1.03 bits per heavy atom. The molecular weight excluding hydrogens is 434 g/mol. The summed E-state index contributed by atoms with van der Waals surface area (Å²) in [7, 11) is -2.31. The number of sulfonamides is 1. The van der Waals surface area contributed by atoms with Crippen molar-refractivity contribution in [3.8, 4) is 5.75 Å². The highest BCUT2D eigenvalue weighted by atomic mass is 32.2. The second-order valence-corrected chi connectivity index (χ2v) is 9.15. The maximum absolute atomic E-state index is 12.9. The molecule has 32 heavy (non-hydrogen) atoms. The molecule has 0 radical (unpaired) electrons. The van der Waals surface area contributed by atoms with Crippen LogP contribution < -0.4 is 10.1 Å². The molecule has 1 amide bonds. The fraction of sp³-hybridized carbons (Fsp3) is 0.364. The maximum Gasteiger partial charge on any atom is 0.343 e. The van der Waals surface area contributed by atoms with Gasteiger partial charge in [0.2, 0.25) is 10.0 Å². The normalized spacial score (nSPS) is 15.2. The summed E-state index contributed by atoms with van der Waals surface area (Å²) in [6.45, 7) is 5.06. The topological polar surface area (TPSA) is 105 Å². The Morgan fingerprint density at radius 2 is 1.72 bits per heavy atom. The Balaban J connectivity index is 1.63. The minimum Gasteiger partial charge on any atom is -0.482 e. The smallest absolute Gasteiger partial charge is 0.343 e. The van der Waals surface area contributed by atoms with Crippen molar-refractivity contribution >= 4 is 27.6 Å². The molecule has 0 aliphatic carbocycles. The molecule has 1 saturated heterocycles. The van der Waals surface area contributed by atoms with Crippen LogP contribution in [0, 0.1) is 0 Å². The van der Waals surface area contributed by atoms with Crippen LogP contribution in [-0.2, 0) is 19.6 Å². The van der Waals surface area contributed by atoms with Crippen molar-refractivity contribution in [3.63, 3.8) is 0 Å². The number of hydrogen-bond acceptors (Lipinski definition) is 7. The molecule has 9 nitrogen and oxygen atoms in total. The second kappa shape index (κ2) is 10.6. The van der Waals surface area contributed by atoms with Crippen molar-refractivity contribution in [2.24, 2.45) is 0 Å². The van der Waals surface area contributed by atoms with Gasteiger partial charge in [0.25, 0.3) is 5.91 Å². The largest absolute Gasteiger partial charge is 0.482 e. The molecule has 0 bridgehead atoms. The fourth-order valence-electron chi connectivity index (χ4n) is 3.28. The number of carbonyl (C=O) groups is 2. The molecule has 0 unspecified atom stereocenters. The summed E-state index contributed by atoms with van der Waals surface area (Å²) in [4.78, 5) is 26.2. The summed E-state index contributed by atoms with van der Waals surface area (Å²) in [5.41, 5.74) is 0.795. The quantitative estimate of drug-likeness (QED) is 0.598. The average Bonchev–Trinajstić information content (AvgIpc) is 2.83. The Morgan fingerprint density at radius 3 is 2.34 bits per heavy atom. The first-order valence-corrected chi connectivity index (χ1v) is 11.7. The molecular formula is C22H27N3O6S. The SMILES string of the molecule is CCN1CCN(S(=O)(=O)c2ccc(NC(=O)c3cccc(OCC(=O)OC)c3)cc2)CC1. The molecule has 0 atom stereocenters. The zero-order valence-corrected chi connectivity index (χ0v) is 18.9. The number of methoxy groups -OCH3 is 1. The number of anilines is 1. The van der Waals surface area contributed by atoms with Crippen molar-refractivity contribution < 1.29 is 27.5 Å². The number of esters is 1. The van der Waals surface area contributed by atoms with Gasteiger partial charge in [-0.1, -0.05) is 13.0 Å². The highest BCUT2D eigenvalue weighted by Crippen LogP contribution is 2.21. The van der Waals surface area contributed by atoms with Crippen molar-refractivity contribution in [2.45, 2.75) is 11.8 Å². The molecule has 2 aromatic rings. The predicted octanol–water partition coefficient (Wildman–Crippen LogP) is 1.82. The van der Waals surface area contributed by atoms with Gasteiger partial charge in [-0.15, -0.1) is 0 Å². The van der Waals surface area contributed by atoms with Crippen LogP contribution in [0.2, 0.25) is 0 Å². The van der Waals surface area contributed by atoms with Crippen molar-refractivity contribution in [1.29, 1.82) is 0 Å². The zero-order valence-electron chi connectivity index (χ0n) is 18.1. The molecule has 2 aromatic carbocycles. The molecule has 0 spiro atoms. The Kier molecular flexibility index (Phi) is 7.84. The van der Waals surface area contributed by atoms with Gasteiger partial charge in [0, 0.05) is 37.4 Å². The number of piperazine rings is 1. The van der Waals surface area contributed by atoms with Gasteiger partial charge in [0.1, 0.15) is 5.75 Å². The molecule has 1 heterocycles. The van der Waals surface area contributed by atoms with E-state index in [4.69, 9.17) is 4.74 Å². The zero-order chi connectivity index (χ0) is 23.1. The highest BCUT2D eigenvalue weighted by molar-refractivity contribution is 7.89. The Labute approximate surface area is 188 Å². The van der Waals surface area contributed by atoms with E-state index in [0.29, 0.717) is 43.2 Å². The van der Waals surface area contributed by atoms with Crippen molar-refractivity contribution in [1.82, 2.24) is 9.21 Å². The third-order valence-corrected chi connectivity index (χ3v) is 7.12. The van der Waals surface area contributed by atoms with E-state index in [-0.39, 0.29) is 17.4 Å². The van der Waals surface area contributed by atoms with Gasteiger partial charge >= 0.3 is 5.97 Å². The molecule has 1 fully saturated rings. The number of hydrogen-bond donors (Lipinski definition) is 1. The lowest BCUT2D eigenvalue weighted by Crippen LogP contribution is -2.48. The van der Waals surface area contributed by atoms with E-state index in [9.17, 15) is 18.0 Å². The first-order valence-electron chi connectivity index (χ1n) is 10.3. The molecule has 0 saturated carbocycles. The van der Waals surface area contributed by atoms with E-state index in [0.717, 1.165) is 6.54 Å². The number of ether oxygens (including phenoxy) is 2. The Hall–Kier alpha value is -2.95. The molecule has 0 aromatic heterocycles.